The van der Waals surface area contributed by atoms with Gasteiger partial charge < -0.3 is 4.74 Å². The number of ether oxygens (including phenoxy) is 1. The highest BCUT2D eigenvalue weighted by Gasteiger charge is 2.21. The summed E-state index contributed by atoms with van der Waals surface area (Å²) in [4.78, 5) is 0. The van der Waals surface area contributed by atoms with Gasteiger partial charge >= 0.3 is 0 Å². The van der Waals surface area contributed by atoms with Crippen LogP contribution in [-0.2, 0) is 0 Å². The van der Waals surface area contributed by atoms with Crippen LogP contribution in [0.15, 0.2) is 60.7 Å². The first kappa shape index (κ1) is 20.6. The average molecular weight is 407 g/mol. The van der Waals surface area contributed by atoms with Crippen molar-refractivity contribution in [1.82, 2.24) is 0 Å². The molecule has 0 unspecified atom stereocenters. The van der Waals surface area contributed by atoms with E-state index in [0.29, 0.717) is 18.1 Å². The number of aryl methyl sites for hydroxylation is 1. The molecule has 0 saturated heterocycles. The van der Waals surface area contributed by atoms with E-state index < -0.39 is 11.6 Å². The Bertz CT molecular complexity index is 985. The van der Waals surface area contributed by atoms with Crippen molar-refractivity contribution >= 4 is 0 Å². The van der Waals surface area contributed by atoms with Gasteiger partial charge in [-0.15, -0.1) is 0 Å². The highest BCUT2D eigenvalue weighted by atomic mass is 19.2. The molecule has 3 aromatic rings. The van der Waals surface area contributed by atoms with Gasteiger partial charge in [0.1, 0.15) is 0 Å². The summed E-state index contributed by atoms with van der Waals surface area (Å²) in [5, 5.41) is 0. The lowest BCUT2D eigenvalue weighted by atomic mass is 9.83. The molecule has 156 valence electrons. The zero-order valence-corrected chi connectivity index (χ0v) is 17.6. The minimum Gasteiger partial charge on any atom is -0.490 e. The number of hydrogen-bond donors (Lipinski definition) is 0. The smallest absolute Gasteiger partial charge is 0.201 e. The summed E-state index contributed by atoms with van der Waals surface area (Å²) in [6.45, 7) is 4.76. The first-order chi connectivity index (χ1) is 14.5. The van der Waals surface area contributed by atoms with Crippen molar-refractivity contribution in [2.24, 2.45) is 11.8 Å². The normalized spacial score (nSPS) is 18.9. The molecule has 0 aromatic heterocycles. The fraction of sp³-hybridized carbons (Fsp3) is 0.333. The molecule has 1 aliphatic rings. The number of rotatable bonds is 5. The summed E-state index contributed by atoms with van der Waals surface area (Å²) in [5.74, 6) is -0.567. The third kappa shape index (κ3) is 4.56. The molecule has 0 atom stereocenters. The van der Waals surface area contributed by atoms with Crippen LogP contribution in [0.2, 0.25) is 0 Å². The molecule has 1 nitrogen and oxygen atoms in total. The van der Waals surface area contributed by atoms with Gasteiger partial charge in [-0.25, -0.2) is 4.39 Å². The SMILES string of the molecule is Cc1ccc(-c2ccc(-c3ccc(OCC4CCC(C)CC4)c(F)c3F)cc2)cc1. The van der Waals surface area contributed by atoms with Crippen molar-refractivity contribution < 1.29 is 13.5 Å². The number of benzene rings is 3. The maximum absolute atomic E-state index is 14.8. The van der Waals surface area contributed by atoms with Crippen LogP contribution < -0.4 is 4.74 Å². The van der Waals surface area contributed by atoms with Crippen LogP contribution in [0.4, 0.5) is 8.78 Å². The number of halogens is 2. The van der Waals surface area contributed by atoms with Gasteiger partial charge in [0.25, 0.3) is 0 Å². The minimum absolute atomic E-state index is 0.00569. The molecule has 1 aliphatic carbocycles. The minimum atomic E-state index is -0.903. The Hall–Kier alpha value is -2.68. The fourth-order valence-electron chi connectivity index (χ4n) is 4.16. The second-order valence-electron chi connectivity index (χ2n) is 8.62. The predicted octanol–water partition coefficient (Wildman–Crippen LogP) is 7.81. The van der Waals surface area contributed by atoms with Gasteiger partial charge in [-0.3, -0.25) is 0 Å². The third-order valence-corrected chi connectivity index (χ3v) is 6.24. The van der Waals surface area contributed by atoms with Crippen molar-refractivity contribution in [2.45, 2.75) is 39.5 Å². The van der Waals surface area contributed by atoms with E-state index >= 15 is 0 Å². The Kier molecular flexibility index (Phi) is 6.17. The molecule has 0 amide bonds. The molecule has 4 rings (SSSR count). The van der Waals surface area contributed by atoms with Crippen LogP contribution in [0.25, 0.3) is 22.3 Å². The molecule has 0 N–H and O–H groups in total. The Morgan fingerprint density at radius 2 is 1.30 bits per heavy atom. The molecule has 0 aliphatic heterocycles. The monoisotopic (exact) mass is 406 g/mol. The van der Waals surface area contributed by atoms with Crippen LogP contribution in [0.3, 0.4) is 0 Å². The standard InChI is InChI=1S/C27H28F2O/c1-18-3-7-20(8-4-18)17-30-25-16-15-24(26(28)27(25)29)23-13-11-22(12-14-23)21-9-5-19(2)6-10-21/h5-6,9-16,18,20H,3-4,7-8,17H2,1-2H3. The molecule has 1 fully saturated rings. The maximum Gasteiger partial charge on any atom is 0.201 e. The van der Waals surface area contributed by atoms with Gasteiger partial charge in [0, 0.05) is 5.56 Å². The summed E-state index contributed by atoms with van der Waals surface area (Å²) >= 11 is 0. The van der Waals surface area contributed by atoms with Crippen LogP contribution in [0.5, 0.6) is 5.75 Å². The van der Waals surface area contributed by atoms with Crippen molar-refractivity contribution in [3.63, 3.8) is 0 Å². The quantitative estimate of drug-likeness (QED) is 0.420. The van der Waals surface area contributed by atoms with Crippen molar-refractivity contribution in [1.29, 1.82) is 0 Å². The van der Waals surface area contributed by atoms with E-state index in [1.54, 1.807) is 12.1 Å². The molecule has 0 heterocycles. The molecule has 0 radical (unpaired) electrons. The third-order valence-electron chi connectivity index (χ3n) is 6.24. The summed E-state index contributed by atoms with van der Waals surface area (Å²) < 4.78 is 35.1. The summed E-state index contributed by atoms with van der Waals surface area (Å²) in [6.07, 6.45) is 4.55. The van der Waals surface area contributed by atoms with E-state index in [1.165, 1.54) is 18.4 Å². The second-order valence-corrected chi connectivity index (χ2v) is 8.62. The van der Waals surface area contributed by atoms with Crippen molar-refractivity contribution in [2.75, 3.05) is 6.61 Å². The number of hydrogen-bond acceptors (Lipinski definition) is 1. The Balaban J connectivity index is 1.48. The van der Waals surface area contributed by atoms with E-state index in [2.05, 4.69) is 31.2 Å². The molecule has 3 heteroatoms. The lowest BCUT2D eigenvalue weighted by molar-refractivity contribution is 0.182. The molecule has 3 aromatic carbocycles. The van der Waals surface area contributed by atoms with Crippen LogP contribution in [-0.4, -0.2) is 6.61 Å². The van der Waals surface area contributed by atoms with Gasteiger partial charge in [0.15, 0.2) is 11.6 Å². The zero-order valence-electron chi connectivity index (χ0n) is 17.6. The summed E-state index contributed by atoms with van der Waals surface area (Å²) in [6, 6.07) is 18.9. The topological polar surface area (TPSA) is 9.23 Å². The Morgan fingerprint density at radius 1 is 0.733 bits per heavy atom. The van der Waals surface area contributed by atoms with Crippen LogP contribution in [0.1, 0.15) is 38.2 Å². The first-order valence-electron chi connectivity index (χ1n) is 10.8. The first-order valence-corrected chi connectivity index (χ1v) is 10.8. The maximum atomic E-state index is 14.8. The lowest BCUT2D eigenvalue weighted by Crippen LogP contribution is -2.19. The highest BCUT2D eigenvalue weighted by molar-refractivity contribution is 5.71. The molecule has 0 spiro atoms. The van der Waals surface area contributed by atoms with Gasteiger partial charge in [-0.2, -0.15) is 4.39 Å². The van der Waals surface area contributed by atoms with Crippen molar-refractivity contribution in [3.05, 3.63) is 77.9 Å². The van der Waals surface area contributed by atoms with E-state index in [4.69, 9.17) is 4.74 Å². The van der Waals surface area contributed by atoms with E-state index in [9.17, 15) is 8.78 Å². The molecule has 30 heavy (non-hydrogen) atoms. The fourth-order valence-corrected chi connectivity index (χ4v) is 4.16. The Labute approximate surface area is 177 Å². The van der Waals surface area contributed by atoms with E-state index in [1.807, 2.05) is 31.2 Å². The van der Waals surface area contributed by atoms with Gasteiger partial charge in [0.2, 0.25) is 5.82 Å². The van der Waals surface area contributed by atoms with Crippen molar-refractivity contribution in [3.8, 4) is 28.0 Å². The second kappa shape index (κ2) is 8.99. The Morgan fingerprint density at radius 3 is 1.93 bits per heavy atom. The van der Waals surface area contributed by atoms with Gasteiger partial charge in [0.05, 0.1) is 6.61 Å². The average Bonchev–Trinajstić information content (AvgIpc) is 2.77. The lowest BCUT2D eigenvalue weighted by Gasteiger charge is -2.26. The largest absolute Gasteiger partial charge is 0.490 e. The summed E-state index contributed by atoms with van der Waals surface area (Å²) in [5.41, 5.74) is 4.24. The zero-order chi connectivity index (χ0) is 21.1. The predicted molar refractivity (Wildman–Crippen MR) is 119 cm³/mol. The molecule has 0 bridgehead atoms. The highest BCUT2D eigenvalue weighted by Crippen LogP contribution is 2.33. The molecular formula is C27H28F2O. The molecule has 1 saturated carbocycles. The molecular weight excluding hydrogens is 378 g/mol. The van der Waals surface area contributed by atoms with Crippen LogP contribution >= 0.6 is 0 Å². The van der Waals surface area contributed by atoms with E-state index in [-0.39, 0.29) is 11.3 Å². The van der Waals surface area contributed by atoms with Gasteiger partial charge in [-0.05, 0) is 60.4 Å². The van der Waals surface area contributed by atoms with E-state index in [0.717, 1.165) is 29.9 Å². The van der Waals surface area contributed by atoms with Gasteiger partial charge in [-0.1, -0.05) is 73.9 Å². The summed E-state index contributed by atoms with van der Waals surface area (Å²) in [7, 11) is 0. The van der Waals surface area contributed by atoms with Crippen LogP contribution in [0, 0.1) is 30.4 Å².